The van der Waals surface area contributed by atoms with Crippen molar-refractivity contribution in [2.75, 3.05) is 51.7 Å². The predicted molar refractivity (Wildman–Crippen MR) is 138 cm³/mol. The van der Waals surface area contributed by atoms with Gasteiger partial charge in [-0.1, -0.05) is 24.3 Å². The number of piperidine rings is 1. The summed E-state index contributed by atoms with van der Waals surface area (Å²) in [6, 6.07) is 14.3. The summed E-state index contributed by atoms with van der Waals surface area (Å²) in [7, 11) is 2.14. The van der Waals surface area contributed by atoms with E-state index in [4.69, 9.17) is 10.1 Å². The molecule has 2 aromatic carbocycles. The summed E-state index contributed by atoms with van der Waals surface area (Å²) >= 11 is 0. The highest BCUT2D eigenvalue weighted by Gasteiger charge is 2.19. The van der Waals surface area contributed by atoms with E-state index in [0.29, 0.717) is 18.3 Å². The van der Waals surface area contributed by atoms with Crippen LogP contribution in [0.25, 0.3) is 0 Å². The maximum Gasteiger partial charge on any atom is 0.258 e. The average Bonchev–Trinajstić information content (AvgIpc) is 2.88. The van der Waals surface area contributed by atoms with E-state index in [2.05, 4.69) is 45.7 Å². The number of benzene rings is 2. The molecular weight excluding hydrogens is 442 g/mol. The highest BCUT2D eigenvalue weighted by atomic mass is 16.5. The van der Waals surface area contributed by atoms with Gasteiger partial charge >= 0.3 is 0 Å². The Hall–Kier alpha value is -2.94. The molecule has 35 heavy (non-hydrogen) atoms. The standard InChI is InChI=1S/C27H37N5O3/c1-31-11-9-23(10-12-31)30-26-7-6-25(14-22(26)15-28)35-19-27(34)29-16-24(33)18-32-13-8-20-4-2-3-5-21(20)17-32/h2-7,14-15,23-24,28,30,33H,8-13,16-19H2,1H3,(H,29,34). The number of β-amino-alcohol motifs (C(OH)–C–C–N with tert-alkyl or cyclic N) is 1. The number of rotatable bonds is 10. The smallest absolute Gasteiger partial charge is 0.258 e. The lowest BCUT2D eigenvalue weighted by Gasteiger charge is -2.30. The SMILES string of the molecule is CN1CCC(Nc2ccc(OCC(=O)NCC(O)CN3CCc4ccccc4C3)cc2C=N)CC1. The Kier molecular flexibility index (Phi) is 8.74. The number of ether oxygens (including phenoxy) is 1. The van der Waals surface area contributed by atoms with E-state index in [1.807, 2.05) is 18.2 Å². The second-order valence-electron chi connectivity index (χ2n) is 9.62. The van der Waals surface area contributed by atoms with Crippen molar-refractivity contribution in [3.63, 3.8) is 0 Å². The van der Waals surface area contributed by atoms with E-state index >= 15 is 0 Å². The Balaban J connectivity index is 1.19. The zero-order chi connectivity index (χ0) is 24.6. The fraction of sp³-hybridized carbons (Fsp3) is 0.481. The molecule has 2 heterocycles. The number of hydrogen-bond acceptors (Lipinski definition) is 7. The zero-order valence-corrected chi connectivity index (χ0v) is 20.5. The maximum absolute atomic E-state index is 12.3. The molecule has 188 valence electrons. The number of nitrogens with zero attached hydrogens (tertiary/aromatic N) is 2. The molecule has 0 bridgehead atoms. The van der Waals surface area contributed by atoms with Gasteiger partial charge in [0.15, 0.2) is 6.61 Å². The fourth-order valence-electron chi connectivity index (χ4n) is 4.76. The molecule has 0 radical (unpaired) electrons. The number of carbonyl (C=O) groups is 1. The largest absolute Gasteiger partial charge is 0.484 e. The molecule has 0 aliphatic carbocycles. The monoisotopic (exact) mass is 479 g/mol. The van der Waals surface area contributed by atoms with Crippen LogP contribution in [-0.4, -0.2) is 85.6 Å². The normalized spacial score (nSPS) is 17.9. The maximum atomic E-state index is 12.3. The lowest BCUT2D eigenvalue weighted by Crippen LogP contribution is -2.42. The second-order valence-corrected chi connectivity index (χ2v) is 9.62. The van der Waals surface area contributed by atoms with E-state index in [-0.39, 0.29) is 19.1 Å². The van der Waals surface area contributed by atoms with Gasteiger partial charge in [0.2, 0.25) is 0 Å². The van der Waals surface area contributed by atoms with Crippen LogP contribution in [0.15, 0.2) is 42.5 Å². The molecule has 1 unspecified atom stereocenters. The highest BCUT2D eigenvalue weighted by molar-refractivity contribution is 5.86. The molecule has 2 aromatic rings. The number of hydrogen-bond donors (Lipinski definition) is 4. The minimum absolute atomic E-state index is 0.136. The fourth-order valence-corrected chi connectivity index (χ4v) is 4.76. The van der Waals surface area contributed by atoms with Gasteiger partial charge in [-0.3, -0.25) is 9.69 Å². The molecule has 2 aliphatic heterocycles. The van der Waals surface area contributed by atoms with Gasteiger partial charge in [-0.25, -0.2) is 0 Å². The molecule has 1 amide bonds. The van der Waals surface area contributed by atoms with Gasteiger partial charge in [-0.2, -0.15) is 0 Å². The number of amides is 1. The number of aliphatic hydroxyl groups excluding tert-OH is 1. The molecule has 1 atom stereocenters. The molecule has 0 spiro atoms. The van der Waals surface area contributed by atoms with Crippen LogP contribution in [0, 0.1) is 5.41 Å². The molecule has 4 N–H and O–H groups in total. The van der Waals surface area contributed by atoms with E-state index in [9.17, 15) is 9.90 Å². The van der Waals surface area contributed by atoms with Gasteiger partial charge in [0.05, 0.1) is 6.10 Å². The third-order valence-electron chi connectivity index (χ3n) is 6.84. The van der Waals surface area contributed by atoms with E-state index in [0.717, 1.165) is 56.7 Å². The molecule has 0 saturated carbocycles. The summed E-state index contributed by atoms with van der Waals surface area (Å²) < 4.78 is 5.65. The Morgan fingerprint density at radius 3 is 2.74 bits per heavy atom. The van der Waals surface area contributed by atoms with Gasteiger partial charge in [-0.05, 0) is 68.7 Å². The van der Waals surface area contributed by atoms with Crippen molar-refractivity contribution in [3.8, 4) is 5.75 Å². The third kappa shape index (κ3) is 7.27. The summed E-state index contributed by atoms with van der Waals surface area (Å²) in [6.45, 7) is 4.42. The van der Waals surface area contributed by atoms with Crippen molar-refractivity contribution >= 4 is 17.8 Å². The molecule has 2 aliphatic rings. The zero-order valence-electron chi connectivity index (χ0n) is 20.5. The first-order chi connectivity index (χ1) is 17.0. The van der Waals surface area contributed by atoms with Gasteiger partial charge in [0, 0.05) is 49.7 Å². The van der Waals surface area contributed by atoms with Crippen LogP contribution < -0.4 is 15.4 Å². The van der Waals surface area contributed by atoms with Gasteiger partial charge in [-0.15, -0.1) is 0 Å². The van der Waals surface area contributed by atoms with E-state index < -0.39 is 6.10 Å². The summed E-state index contributed by atoms with van der Waals surface area (Å²) in [5, 5.41) is 24.5. The van der Waals surface area contributed by atoms with Crippen LogP contribution in [0.4, 0.5) is 5.69 Å². The van der Waals surface area contributed by atoms with Crippen molar-refractivity contribution in [2.24, 2.45) is 0 Å². The first kappa shape index (κ1) is 25.2. The first-order valence-corrected chi connectivity index (χ1v) is 12.5. The van der Waals surface area contributed by atoms with Crippen LogP contribution in [0.3, 0.4) is 0 Å². The highest BCUT2D eigenvalue weighted by Crippen LogP contribution is 2.24. The topological polar surface area (TPSA) is 101 Å². The van der Waals surface area contributed by atoms with Crippen LogP contribution in [0.5, 0.6) is 5.75 Å². The van der Waals surface area contributed by atoms with E-state index in [1.54, 1.807) is 6.07 Å². The second kappa shape index (κ2) is 12.2. The van der Waals surface area contributed by atoms with Crippen molar-refractivity contribution in [3.05, 3.63) is 59.2 Å². The quantitative estimate of drug-likeness (QED) is 0.390. The molecule has 0 aromatic heterocycles. The van der Waals surface area contributed by atoms with Crippen LogP contribution >= 0.6 is 0 Å². The van der Waals surface area contributed by atoms with Crippen molar-refractivity contribution in [1.29, 1.82) is 5.41 Å². The molecule has 8 nitrogen and oxygen atoms in total. The number of aliphatic hydroxyl groups is 1. The van der Waals surface area contributed by atoms with Gasteiger partial charge in [0.25, 0.3) is 5.91 Å². The van der Waals surface area contributed by atoms with Gasteiger partial charge < -0.3 is 30.8 Å². The summed E-state index contributed by atoms with van der Waals surface area (Å²) in [6.07, 6.45) is 3.79. The number of anilines is 1. The Bertz CT molecular complexity index is 1010. The van der Waals surface area contributed by atoms with Crippen molar-refractivity contribution in [1.82, 2.24) is 15.1 Å². The number of likely N-dealkylation sites (tertiary alicyclic amines) is 1. The van der Waals surface area contributed by atoms with Crippen LogP contribution in [0.1, 0.15) is 29.5 Å². The minimum Gasteiger partial charge on any atom is -0.484 e. The summed E-state index contributed by atoms with van der Waals surface area (Å²) in [5.74, 6) is 0.262. The lowest BCUT2D eigenvalue weighted by atomic mass is 10.00. The number of fused-ring (bicyclic) bond motifs is 1. The Morgan fingerprint density at radius 2 is 1.97 bits per heavy atom. The Labute approximate surface area is 207 Å². The summed E-state index contributed by atoms with van der Waals surface area (Å²) in [4.78, 5) is 16.8. The van der Waals surface area contributed by atoms with E-state index in [1.165, 1.54) is 17.3 Å². The first-order valence-electron chi connectivity index (χ1n) is 12.5. The average molecular weight is 480 g/mol. The minimum atomic E-state index is -0.640. The van der Waals surface area contributed by atoms with Gasteiger partial charge in [0.1, 0.15) is 5.75 Å². The molecule has 1 fully saturated rings. The molecule has 1 saturated heterocycles. The number of carbonyl (C=O) groups excluding carboxylic acids is 1. The Morgan fingerprint density at radius 1 is 1.20 bits per heavy atom. The molecule has 4 rings (SSSR count). The molecule has 8 heteroatoms. The van der Waals surface area contributed by atoms with Crippen molar-refractivity contribution in [2.45, 2.75) is 38.0 Å². The lowest BCUT2D eigenvalue weighted by molar-refractivity contribution is -0.123. The third-order valence-corrected chi connectivity index (χ3v) is 6.84. The van der Waals surface area contributed by atoms with Crippen LogP contribution in [0.2, 0.25) is 0 Å². The van der Waals surface area contributed by atoms with Crippen LogP contribution in [-0.2, 0) is 17.8 Å². The van der Waals surface area contributed by atoms with Crippen molar-refractivity contribution < 1.29 is 14.6 Å². The molecular formula is C27H37N5O3. The summed E-state index contributed by atoms with van der Waals surface area (Å²) in [5.41, 5.74) is 4.33. The number of nitrogens with one attached hydrogen (secondary N) is 3. The predicted octanol–water partition coefficient (Wildman–Crippen LogP) is 2.10.